The Morgan fingerprint density at radius 1 is 0.902 bits per heavy atom. The number of aryl methyl sites for hydroxylation is 1. The van der Waals surface area contributed by atoms with Crippen molar-refractivity contribution >= 4 is 46.9 Å². The molecule has 0 bridgehead atoms. The van der Waals surface area contributed by atoms with Gasteiger partial charge in [-0.05, 0) is 91.0 Å². The summed E-state index contributed by atoms with van der Waals surface area (Å²) in [6, 6.07) is 10.5. The molecule has 2 aromatic heterocycles. The lowest BCUT2D eigenvalue weighted by atomic mass is 9.83. The summed E-state index contributed by atoms with van der Waals surface area (Å²) < 4.78 is 5.47. The highest BCUT2D eigenvalue weighted by Crippen LogP contribution is 2.30. The van der Waals surface area contributed by atoms with E-state index in [0.717, 1.165) is 46.8 Å². The maximum atomic E-state index is 13.9. The first kappa shape index (κ1) is 47.0. The molecule has 5 rings (SSSR count). The Kier molecular flexibility index (Phi) is 16.3. The molecule has 15 nitrogen and oxygen atoms in total. The third-order valence-corrected chi connectivity index (χ3v) is 12.4. The van der Waals surface area contributed by atoms with Crippen LogP contribution < -0.4 is 20.9 Å². The SMILES string of the molecule is Cc1ncsc1-c1ccc(CCNC(=O)[C@@H]2C[C@@H](O)CN2C(=O)C(C)(C)[C@H](C)NC(=O)CCCCCCNC(=O)c2ccc(N3CCN(C(=O)OC(C)(C)C)CC3)nc2)cc1. The summed E-state index contributed by atoms with van der Waals surface area (Å²) in [7, 11) is 0. The molecular weight excluding hydrogens is 797 g/mol. The van der Waals surface area contributed by atoms with E-state index in [9.17, 15) is 29.1 Å². The van der Waals surface area contributed by atoms with Gasteiger partial charge in [-0.25, -0.2) is 14.8 Å². The molecule has 2 fully saturated rings. The molecule has 2 aliphatic heterocycles. The second-order valence-corrected chi connectivity index (χ2v) is 18.5. The summed E-state index contributed by atoms with van der Waals surface area (Å²) in [5, 5.41) is 19.4. The average molecular weight is 861 g/mol. The molecule has 0 unspecified atom stereocenters. The molecule has 0 radical (unpaired) electrons. The number of thiazole rings is 1. The molecule has 5 amide bonds. The average Bonchev–Trinajstić information content (AvgIpc) is 3.84. The molecule has 2 saturated heterocycles. The smallest absolute Gasteiger partial charge is 0.410 e. The third-order valence-electron chi connectivity index (χ3n) is 11.4. The van der Waals surface area contributed by atoms with E-state index in [1.54, 1.807) is 49.3 Å². The first-order valence-corrected chi connectivity index (χ1v) is 22.3. The molecule has 16 heteroatoms. The quantitative estimate of drug-likeness (QED) is 0.133. The van der Waals surface area contributed by atoms with Crippen LogP contribution in [0.3, 0.4) is 0 Å². The van der Waals surface area contributed by atoms with Crippen molar-refractivity contribution in [1.82, 2.24) is 35.7 Å². The number of benzene rings is 1. The standard InChI is InChI=1S/C45H64N8O7S/c1-30-39(61-29-49-30)33-15-13-32(14-16-33)19-21-47-41(57)36-26-35(54)28-53(36)42(58)45(6,7)31(2)50-38(55)12-10-8-9-11-20-46-40(56)34-17-18-37(48-27-34)51-22-24-52(25-23-51)43(59)60-44(3,4)5/h13-18,27,29,31,35-36,54H,8-12,19-26,28H2,1-7H3,(H,46,56)(H,47,57)(H,50,55)/t31-,35+,36-/m0/s1. The number of amides is 5. The highest BCUT2D eigenvalue weighted by molar-refractivity contribution is 7.13. The minimum absolute atomic E-state index is 0.0563. The lowest BCUT2D eigenvalue weighted by Crippen LogP contribution is -2.55. The number of rotatable bonds is 17. The third kappa shape index (κ3) is 13.2. The number of aliphatic hydroxyl groups is 1. The first-order valence-electron chi connectivity index (χ1n) is 21.5. The number of anilines is 1. The van der Waals surface area contributed by atoms with Gasteiger partial charge in [0.05, 0.1) is 33.2 Å². The number of nitrogens with zero attached hydrogens (tertiary/aromatic N) is 5. The van der Waals surface area contributed by atoms with E-state index in [4.69, 9.17) is 4.74 Å². The van der Waals surface area contributed by atoms with E-state index in [1.807, 2.05) is 51.4 Å². The molecule has 61 heavy (non-hydrogen) atoms. The fraction of sp³-hybridized carbons (Fsp3) is 0.578. The Bertz CT molecular complexity index is 1960. The molecule has 3 aromatic rings. The minimum Gasteiger partial charge on any atom is -0.444 e. The predicted molar refractivity (Wildman–Crippen MR) is 236 cm³/mol. The number of carbonyl (C=O) groups excluding carboxylic acids is 5. The van der Waals surface area contributed by atoms with Gasteiger partial charge in [-0.2, -0.15) is 0 Å². The number of carbonyl (C=O) groups is 5. The van der Waals surface area contributed by atoms with Gasteiger partial charge in [-0.15, -0.1) is 11.3 Å². The molecule has 2 aliphatic rings. The van der Waals surface area contributed by atoms with Crippen LogP contribution in [-0.2, 0) is 25.5 Å². The number of likely N-dealkylation sites (tertiary alicyclic amines) is 1. The number of hydrogen-bond acceptors (Lipinski definition) is 11. The van der Waals surface area contributed by atoms with E-state index < -0.39 is 29.2 Å². The van der Waals surface area contributed by atoms with Gasteiger partial charge in [-0.3, -0.25) is 19.2 Å². The van der Waals surface area contributed by atoms with Crippen LogP contribution in [0.25, 0.3) is 10.4 Å². The van der Waals surface area contributed by atoms with Crippen molar-refractivity contribution < 1.29 is 33.8 Å². The van der Waals surface area contributed by atoms with Crippen LogP contribution in [0, 0.1) is 12.3 Å². The van der Waals surface area contributed by atoms with Crippen molar-refractivity contribution in [1.29, 1.82) is 0 Å². The number of β-amino-alcohol motifs (C(OH)–C–C–N with tert-alkyl or cyclic N) is 1. The van der Waals surface area contributed by atoms with Gasteiger partial charge in [0.25, 0.3) is 5.91 Å². The van der Waals surface area contributed by atoms with Crippen LogP contribution in [0.2, 0.25) is 0 Å². The number of nitrogens with one attached hydrogen (secondary N) is 3. The molecule has 332 valence electrons. The number of ether oxygens (including phenoxy) is 1. The summed E-state index contributed by atoms with van der Waals surface area (Å²) in [6.45, 7) is 16.1. The maximum Gasteiger partial charge on any atom is 0.410 e. The Labute approximate surface area is 364 Å². The number of piperazine rings is 1. The van der Waals surface area contributed by atoms with Crippen LogP contribution in [0.5, 0.6) is 0 Å². The molecule has 3 atom stereocenters. The molecule has 0 aliphatic carbocycles. The zero-order chi connectivity index (χ0) is 44.3. The van der Waals surface area contributed by atoms with Gasteiger partial charge in [0.1, 0.15) is 17.5 Å². The number of aromatic nitrogens is 2. The van der Waals surface area contributed by atoms with Crippen LogP contribution in [-0.4, -0.2) is 124 Å². The van der Waals surface area contributed by atoms with Gasteiger partial charge >= 0.3 is 6.09 Å². The molecule has 1 aromatic carbocycles. The lowest BCUT2D eigenvalue weighted by molar-refractivity contribution is -0.147. The summed E-state index contributed by atoms with van der Waals surface area (Å²) in [4.78, 5) is 80.4. The molecule has 0 saturated carbocycles. The Morgan fingerprint density at radius 3 is 2.25 bits per heavy atom. The number of hydrogen-bond donors (Lipinski definition) is 4. The van der Waals surface area contributed by atoms with Crippen LogP contribution >= 0.6 is 11.3 Å². The summed E-state index contributed by atoms with van der Waals surface area (Å²) in [6.07, 6.45) is 4.58. The van der Waals surface area contributed by atoms with E-state index in [2.05, 4.69) is 43.0 Å². The first-order chi connectivity index (χ1) is 28.9. The van der Waals surface area contributed by atoms with Gasteiger partial charge in [0.2, 0.25) is 17.7 Å². The normalized spacial score (nSPS) is 17.5. The highest BCUT2D eigenvalue weighted by Gasteiger charge is 2.46. The van der Waals surface area contributed by atoms with Crippen molar-refractivity contribution in [3.8, 4) is 10.4 Å². The van der Waals surface area contributed by atoms with E-state index in [-0.39, 0.29) is 42.7 Å². The second kappa shape index (κ2) is 21.1. The van der Waals surface area contributed by atoms with E-state index in [1.165, 1.54) is 4.90 Å². The van der Waals surface area contributed by atoms with Crippen molar-refractivity contribution in [2.75, 3.05) is 50.7 Å². The van der Waals surface area contributed by atoms with Gasteiger partial charge in [0, 0.05) is 70.9 Å². The fourth-order valence-electron chi connectivity index (χ4n) is 7.41. The second-order valence-electron chi connectivity index (χ2n) is 17.7. The zero-order valence-electron chi connectivity index (χ0n) is 36.8. The van der Waals surface area contributed by atoms with E-state index >= 15 is 0 Å². The number of aliphatic hydroxyl groups excluding tert-OH is 1. The minimum atomic E-state index is -1.02. The van der Waals surface area contributed by atoms with Crippen LogP contribution in [0.4, 0.5) is 10.6 Å². The monoisotopic (exact) mass is 860 g/mol. The lowest BCUT2D eigenvalue weighted by Gasteiger charge is -2.36. The van der Waals surface area contributed by atoms with Crippen molar-refractivity contribution in [3.05, 3.63) is 64.9 Å². The van der Waals surface area contributed by atoms with Gasteiger partial charge in [-0.1, -0.05) is 37.1 Å². The molecular formula is C45H64N8O7S. The van der Waals surface area contributed by atoms with E-state index in [0.29, 0.717) is 64.1 Å². The summed E-state index contributed by atoms with van der Waals surface area (Å²) in [5.41, 5.74) is 3.92. The van der Waals surface area contributed by atoms with Gasteiger partial charge in [0.15, 0.2) is 0 Å². The molecule has 4 N–H and O–H groups in total. The molecule has 0 spiro atoms. The number of pyridine rings is 1. The highest BCUT2D eigenvalue weighted by atomic mass is 32.1. The zero-order valence-corrected chi connectivity index (χ0v) is 37.6. The Balaban J connectivity index is 0.955. The summed E-state index contributed by atoms with van der Waals surface area (Å²) in [5.74, 6) is -0.204. The Morgan fingerprint density at radius 2 is 1.61 bits per heavy atom. The Hall–Kier alpha value is -5.09. The predicted octanol–water partition coefficient (Wildman–Crippen LogP) is 5.10. The topological polar surface area (TPSA) is 186 Å². The number of unbranched alkanes of at least 4 members (excludes halogenated alkanes) is 3. The summed E-state index contributed by atoms with van der Waals surface area (Å²) >= 11 is 1.60. The maximum absolute atomic E-state index is 13.9. The van der Waals surface area contributed by atoms with Crippen molar-refractivity contribution in [2.45, 2.75) is 117 Å². The van der Waals surface area contributed by atoms with Crippen LogP contribution in [0.15, 0.2) is 48.1 Å². The van der Waals surface area contributed by atoms with Crippen molar-refractivity contribution in [3.63, 3.8) is 0 Å². The molecule has 4 heterocycles. The van der Waals surface area contributed by atoms with Gasteiger partial charge < -0.3 is 40.5 Å². The van der Waals surface area contributed by atoms with Crippen LogP contribution in [0.1, 0.15) is 102 Å². The largest absolute Gasteiger partial charge is 0.444 e. The van der Waals surface area contributed by atoms with Crippen molar-refractivity contribution in [2.24, 2.45) is 5.41 Å². The fourth-order valence-corrected chi connectivity index (χ4v) is 8.22.